The average molecular weight is 271 g/mol. The van der Waals surface area contributed by atoms with E-state index in [1.54, 1.807) is 13.0 Å². The molecular formula is C12H15ClN2O3. The van der Waals surface area contributed by atoms with Gasteiger partial charge in [-0.15, -0.1) is 0 Å². The van der Waals surface area contributed by atoms with E-state index in [0.29, 0.717) is 22.8 Å². The molecule has 0 saturated heterocycles. The van der Waals surface area contributed by atoms with Gasteiger partial charge in [-0.05, 0) is 25.1 Å². The van der Waals surface area contributed by atoms with Crippen LogP contribution in [0.4, 0.5) is 5.69 Å². The Morgan fingerprint density at radius 3 is 2.56 bits per heavy atom. The Bertz CT molecular complexity index is 442. The second kappa shape index (κ2) is 6.26. The molecule has 18 heavy (non-hydrogen) atoms. The second-order valence-electron chi connectivity index (χ2n) is 3.80. The number of benzene rings is 1. The van der Waals surface area contributed by atoms with Crippen molar-refractivity contribution in [1.29, 1.82) is 0 Å². The smallest absolute Gasteiger partial charge is 0.305 e. The van der Waals surface area contributed by atoms with E-state index in [2.05, 4.69) is 0 Å². The lowest BCUT2D eigenvalue weighted by Crippen LogP contribution is -2.32. The van der Waals surface area contributed by atoms with Crippen LogP contribution in [0.2, 0.25) is 5.02 Å². The van der Waals surface area contributed by atoms with Gasteiger partial charge in [0.15, 0.2) is 0 Å². The summed E-state index contributed by atoms with van der Waals surface area (Å²) in [5.41, 5.74) is 6.38. The minimum Gasteiger partial charge on any atom is -0.481 e. The first-order valence-electron chi connectivity index (χ1n) is 5.51. The van der Waals surface area contributed by atoms with Crippen molar-refractivity contribution in [1.82, 2.24) is 4.90 Å². The van der Waals surface area contributed by atoms with Crippen LogP contribution in [0.3, 0.4) is 0 Å². The first-order valence-corrected chi connectivity index (χ1v) is 5.89. The third kappa shape index (κ3) is 3.92. The molecule has 3 N–H and O–H groups in total. The zero-order chi connectivity index (χ0) is 13.7. The Balaban J connectivity index is 2.85. The molecule has 0 aliphatic carbocycles. The molecule has 0 atom stereocenters. The van der Waals surface area contributed by atoms with E-state index in [0.717, 1.165) is 0 Å². The Morgan fingerprint density at radius 1 is 1.39 bits per heavy atom. The Labute approximate surface area is 110 Å². The number of hydrogen-bond donors (Lipinski definition) is 2. The number of amides is 1. The van der Waals surface area contributed by atoms with Gasteiger partial charge < -0.3 is 15.7 Å². The fourth-order valence-corrected chi connectivity index (χ4v) is 1.80. The summed E-state index contributed by atoms with van der Waals surface area (Å²) in [4.78, 5) is 24.1. The summed E-state index contributed by atoms with van der Waals surface area (Å²) in [6.45, 7) is 2.38. The topological polar surface area (TPSA) is 83.6 Å². The van der Waals surface area contributed by atoms with Gasteiger partial charge in [-0.2, -0.15) is 0 Å². The molecule has 5 nitrogen and oxygen atoms in total. The highest BCUT2D eigenvalue weighted by Gasteiger charge is 2.16. The summed E-state index contributed by atoms with van der Waals surface area (Å²) in [6.07, 6.45) is -0.0877. The molecule has 1 aromatic carbocycles. The van der Waals surface area contributed by atoms with Crippen molar-refractivity contribution in [2.45, 2.75) is 13.3 Å². The molecule has 0 aromatic heterocycles. The number of carbonyl (C=O) groups excluding carboxylic acids is 1. The van der Waals surface area contributed by atoms with Gasteiger partial charge in [0.1, 0.15) is 0 Å². The normalized spacial score (nSPS) is 10.1. The fourth-order valence-electron chi connectivity index (χ4n) is 1.55. The molecule has 0 saturated carbocycles. The van der Waals surface area contributed by atoms with Crippen molar-refractivity contribution >= 4 is 29.2 Å². The van der Waals surface area contributed by atoms with Gasteiger partial charge in [0, 0.05) is 29.4 Å². The highest BCUT2D eigenvalue weighted by Crippen LogP contribution is 2.18. The number of rotatable bonds is 5. The minimum atomic E-state index is -0.938. The van der Waals surface area contributed by atoms with E-state index >= 15 is 0 Å². The Hall–Kier alpha value is -1.75. The van der Waals surface area contributed by atoms with E-state index in [4.69, 9.17) is 22.4 Å². The third-order valence-electron chi connectivity index (χ3n) is 2.43. The molecule has 0 heterocycles. The lowest BCUT2D eigenvalue weighted by atomic mass is 10.1. The Kier molecular flexibility index (Phi) is 4.97. The van der Waals surface area contributed by atoms with Crippen molar-refractivity contribution < 1.29 is 14.7 Å². The molecule has 0 aliphatic rings. The summed E-state index contributed by atoms with van der Waals surface area (Å²) in [7, 11) is 0. The number of hydrogen-bond acceptors (Lipinski definition) is 3. The highest BCUT2D eigenvalue weighted by molar-refractivity contribution is 6.31. The van der Waals surface area contributed by atoms with Crippen LogP contribution in [0.15, 0.2) is 18.2 Å². The van der Waals surface area contributed by atoms with Crippen LogP contribution in [0.5, 0.6) is 0 Å². The summed E-state index contributed by atoms with van der Waals surface area (Å²) in [5.74, 6) is -1.21. The molecule has 98 valence electrons. The van der Waals surface area contributed by atoms with E-state index < -0.39 is 5.97 Å². The highest BCUT2D eigenvalue weighted by atomic mass is 35.5. The molecule has 1 rings (SSSR count). The molecule has 0 fully saturated rings. The van der Waals surface area contributed by atoms with Crippen molar-refractivity contribution in [2.75, 3.05) is 18.8 Å². The van der Waals surface area contributed by atoms with Crippen molar-refractivity contribution in [3.63, 3.8) is 0 Å². The van der Waals surface area contributed by atoms with Gasteiger partial charge in [-0.3, -0.25) is 9.59 Å². The predicted molar refractivity (Wildman–Crippen MR) is 69.7 cm³/mol. The molecular weight excluding hydrogens is 256 g/mol. The molecule has 6 heteroatoms. The standard InChI is InChI=1S/C12H15ClN2O3/c1-2-15(4-3-11(16)17)12(18)8-5-9(13)7-10(14)6-8/h5-7H,2-4,14H2,1H3,(H,16,17). The number of halogens is 1. The largest absolute Gasteiger partial charge is 0.481 e. The zero-order valence-electron chi connectivity index (χ0n) is 10.0. The van der Waals surface area contributed by atoms with Crippen LogP contribution in [-0.2, 0) is 4.79 Å². The number of nitrogen functional groups attached to an aromatic ring is 1. The average Bonchev–Trinajstić information content (AvgIpc) is 2.27. The van der Waals surface area contributed by atoms with Crippen LogP contribution in [0.25, 0.3) is 0 Å². The summed E-state index contributed by atoms with van der Waals surface area (Å²) >= 11 is 5.82. The van der Waals surface area contributed by atoms with Crippen LogP contribution in [0.1, 0.15) is 23.7 Å². The zero-order valence-corrected chi connectivity index (χ0v) is 10.8. The predicted octanol–water partition coefficient (Wildman–Crippen LogP) is 1.86. The number of aliphatic carboxylic acids is 1. The number of carboxylic acids is 1. The number of anilines is 1. The lowest BCUT2D eigenvalue weighted by Gasteiger charge is -2.20. The number of carboxylic acid groups (broad SMARTS) is 1. The van der Waals surface area contributed by atoms with Crippen molar-refractivity contribution in [3.05, 3.63) is 28.8 Å². The molecule has 1 aromatic rings. The van der Waals surface area contributed by atoms with Gasteiger partial charge in [0.05, 0.1) is 6.42 Å². The number of carbonyl (C=O) groups is 2. The maximum absolute atomic E-state index is 12.1. The molecule has 0 bridgehead atoms. The molecule has 0 aliphatic heterocycles. The van der Waals surface area contributed by atoms with E-state index in [-0.39, 0.29) is 18.9 Å². The SMILES string of the molecule is CCN(CCC(=O)O)C(=O)c1cc(N)cc(Cl)c1. The second-order valence-corrected chi connectivity index (χ2v) is 4.24. The van der Waals surface area contributed by atoms with Crippen molar-refractivity contribution in [2.24, 2.45) is 0 Å². The quantitative estimate of drug-likeness (QED) is 0.800. The van der Waals surface area contributed by atoms with Crippen LogP contribution >= 0.6 is 11.6 Å². The molecule has 0 spiro atoms. The Morgan fingerprint density at radius 2 is 2.06 bits per heavy atom. The van der Waals surface area contributed by atoms with Gasteiger partial charge in [-0.1, -0.05) is 11.6 Å². The maximum atomic E-state index is 12.1. The number of nitrogens with zero attached hydrogens (tertiary/aromatic N) is 1. The first kappa shape index (κ1) is 14.3. The monoisotopic (exact) mass is 270 g/mol. The van der Waals surface area contributed by atoms with Gasteiger partial charge in [0.25, 0.3) is 5.91 Å². The fraction of sp³-hybridized carbons (Fsp3) is 0.333. The van der Waals surface area contributed by atoms with Crippen molar-refractivity contribution in [3.8, 4) is 0 Å². The lowest BCUT2D eigenvalue weighted by molar-refractivity contribution is -0.137. The maximum Gasteiger partial charge on any atom is 0.305 e. The molecule has 1 amide bonds. The van der Waals surface area contributed by atoms with Gasteiger partial charge in [0.2, 0.25) is 0 Å². The minimum absolute atomic E-state index is 0.0877. The summed E-state index contributed by atoms with van der Waals surface area (Å²) in [5, 5.41) is 9.00. The van der Waals surface area contributed by atoms with Crippen LogP contribution in [-0.4, -0.2) is 35.0 Å². The summed E-state index contributed by atoms with van der Waals surface area (Å²) in [6, 6.07) is 4.59. The van der Waals surface area contributed by atoms with Crippen LogP contribution < -0.4 is 5.73 Å². The summed E-state index contributed by atoms with van der Waals surface area (Å²) < 4.78 is 0. The van der Waals surface area contributed by atoms with Gasteiger partial charge in [-0.25, -0.2) is 0 Å². The van der Waals surface area contributed by atoms with E-state index in [1.165, 1.54) is 17.0 Å². The third-order valence-corrected chi connectivity index (χ3v) is 2.65. The van der Waals surface area contributed by atoms with E-state index in [1.807, 2.05) is 0 Å². The number of nitrogens with two attached hydrogens (primary N) is 1. The van der Waals surface area contributed by atoms with Crippen LogP contribution in [0, 0.1) is 0 Å². The first-order chi connectivity index (χ1) is 8.43. The van der Waals surface area contributed by atoms with Gasteiger partial charge >= 0.3 is 5.97 Å². The van der Waals surface area contributed by atoms with E-state index in [9.17, 15) is 9.59 Å². The molecule has 0 radical (unpaired) electrons. The molecule has 0 unspecified atom stereocenters.